The Hall–Kier alpha value is -3.54. The molecule has 0 fully saturated rings. The first-order valence-electron chi connectivity index (χ1n) is 7.84. The molecule has 26 heavy (non-hydrogen) atoms. The number of rotatable bonds is 4. The molecular formula is C20H17NO5. The zero-order valence-electron chi connectivity index (χ0n) is 14.3. The molecule has 6 heteroatoms. The van der Waals surface area contributed by atoms with Crippen LogP contribution in [0.3, 0.4) is 0 Å². The summed E-state index contributed by atoms with van der Waals surface area (Å²) in [6.07, 6.45) is 0. The van der Waals surface area contributed by atoms with E-state index in [4.69, 9.17) is 9.47 Å². The van der Waals surface area contributed by atoms with Crippen molar-refractivity contribution in [3.63, 3.8) is 0 Å². The second-order valence-electron chi connectivity index (χ2n) is 5.49. The van der Waals surface area contributed by atoms with E-state index < -0.39 is 11.9 Å². The van der Waals surface area contributed by atoms with Crippen LogP contribution < -0.4 is 5.32 Å². The summed E-state index contributed by atoms with van der Waals surface area (Å²) in [6, 6.07) is 16.1. The first-order chi connectivity index (χ1) is 12.6. The number of benzene rings is 3. The molecule has 6 nitrogen and oxygen atoms in total. The van der Waals surface area contributed by atoms with Crippen LogP contribution in [-0.2, 0) is 9.47 Å². The Bertz CT molecular complexity index is 982. The average molecular weight is 351 g/mol. The number of para-hydroxylation sites is 1. The Balaban J connectivity index is 2.40. The van der Waals surface area contributed by atoms with Crippen molar-refractivity contribution in [2.75, 3.05) is 19.5 Å². The molecule has 0 aliphatic heterocycles. The van der Waals surface area contributed by atoms with Crippen LogP contribution in [0.5, 0.6) is 5.75 Å². The highest BCUT2D eigenvalue weighted by Gasteiger charge is 2.29. The van der Waals surface area contributed by atoms with E-state index in [0.717, 1.165) is 0 Å². The number of esters is 2. The van der Waals surface area contributed by atoms with Gasteiger partial charge >= 0.3 is 11.9 Å². The van der Waals surface area contributed by atoms with Crippen LogP contribution in [0.4, 0.5) is 11.4 Å². The molecule has 2 N–H and O–H groups in total. The van der Waals surface area contributed by atoms with Gasteiger partial charge in [-0.15, -0.1) is 0 Å². The van der Waals surface area contributed by atoms with Crippen molar-refractivity contribution in [1.29, 1.82) is 0 Å². The van der Waals surface area contributed by atoms with E-state index in [1.54, 1.807) is 24.3 Å². The van der Waals surface area contributed by atoms with Gasteiger partial charge in [0.05, 0.1) is 19.9 Å². The number of carbonyl (C=O) groups excluding carboxylic acids is 2. The van der Waals surface area contributed by atoms with Crippen molar-refractivity contribution >= 4 is 34.1 Å². The number of hydrogen-bond acceptors (Lipinski definition) is 6. The van der Waals surface area contributed by atoms with Gasteiger partial charge in [0.2, 0.25) is 0 Å². The lowest BCUT2D eigenvalue weighted by atomic mass is 9.96. The van der Waals surface area contributed by atoms with Crippen LogP contribution >= 0.6 is 0 Å². The Morgan fingerprint density at radius 3 is 1.96 bits per heavy atom. The predicted molar refractivity (Wildman–Crippen MR) is 98.0 cm³/mol. The van der Waals surface area contributed by atoms with E-state index in [1.807, 2.05) is 30.3 Å². The van der Waals surface area contributed by atoms with E-state index in [2.05, 4.69) is 5.32 Å². The molecule has 132 valence electrons. The highest BCUT2D eigenvalue weighted by molar-refractivity contribution is 6.18. The largest absolute Gasteiger partial charge is 0.506 e. The minimum absolute atomic E-state index is 0.0839. The monoisotopic (exact) mass is 351 g/mol. The van der Waals surface area contributed by atoms with E-state index >= 15 is 0 Å². The summed E-state index contributed by atoms with van der Waals surface area (Å²) in [7, 11) is 2.39. The molecule has 3 aromatic carbocycles. The third-order valence-electron chi connectivity index (χ3n) is 4.01. The van der Waals surface area contributed by atoms with Gasteiger partial charge < -0.3 is 19.9 Å². The van der Waals surface area contributed by atoms with Gasteiger partial charge in [-0.2, -0.15) is 0 Å². The number of carbonyl (C=O) groups is 2. The number of ether oxygens (including phenoxy) is 2. The van der Waals surface area contributed by atoms with Gasteiger partial charge in [-0.1, -0.05) is 42.5 Å². The van der Waals surface area contributed by atoms with Crippen molar-refractivity contribution in [3.05, 3.63) is 65.7 Å². The molecule has 3 rings (SSSR count). The molecule has 0 heterocycles. The first-order valence-corrected chi connectivity index (χ1v) is 7.84. The topological polar surface area (TPSA) is 84.9 Å². The first kappa shape index (κ1) is 17.3. The second kappa shape index (κ2) is 7.14. The second-order valence-corrected chi connectivity index (χ2v) is 5.49. The third-order valence-corrected chi connectivity index (χ3v) is 4.01. The molecule has 0 spiro atoms. The average Bonchev–Trinajstić information content (AvgIpc) is 2.69. The van der Waals surface area contributed by atoms with Gasteiger partial charge in [0.1, 0.15) is 16.9 Å². The van der Waals surface area contributed by atoms with E-state index in [0.29, 0.717) is 22.1 Å². The Labute approximate surface area is 150 Å². The summed E-state index contributed by atoms with van der Waals surface area (Å²) in [5.41, 5.74) is 0.747. The fourth-order valence-corrected chi connectivity index (χ4v) is 2.82. The highest BCUT2D eigenvalue weighted by atomic mass is 16.5. The van der Waals surface area contributed by atoms with E-state index in [-0.39, 0.29) is 16.9 Å². The molecular weight excluding hydrogens is 334 g/mol. The van der Waals surface area contributed by atoms with Crippen LogP contribution in [0.1, 0.15) is 20.7 Å². The number of methoxy groups -OCH3 is 2. The Kier molecular flexibility index (Phi) is 4.75. The fraction of sp³-hybridized carbons (Fsp3) is 0.100. The van der Waals surface area contributed by atoms with Gasteiger partial charge in [-0.25, -0.2) is 9.59 Å². The van der Waals surface area contributed by atoms with Crippen LogP contribution in [0.25, 0.3) is 10.8 Å². The maximum absolute atomic E-state index is 12.5. The fourth-order valence-electron chi connectivity index (χ4n) is 2.82. The zero-order chi connectivity index (χ0) is 18.7. The van der Waals surface area contributed by atoms with Gasteiger partial charge in [0, 0.05) is 16.5 Å². The van der Waals surface area contributed by atoms with Crippen molar-refractivity contribution in [3.8, 4) is 5.75 Å². The predicted octanol–water partition coefficient (Wildman–Crippen LogP) is 3.86. The number of fused-ring (bicyclic) bond motifs is 1. The van der Waals surface area contributed by atoms with E-state index in [9.17, 15) is 14.7 Å². The molecule has 0 atom stereocenters. The summed E-state index contributed by atoms with van der Waals surface area (Å²) in [4.78, 5) is 24.8. The van der Waals surface area contributed by atoms with Crippen molar-refractivity contribution in [1.82, 2.24) is 0 Å². The number of aromatic hydroxyl groups is 1. The molecule has 0 unspecified atom stereocenters. The number of phenolic OH excluding ortho intramolecular Hbond substituents is 1. The standard InChI is InChI=1S/C20H17NO5/c1-25-19(23)15-16(20(24)26-2)18(22)14-11-7-6-10-13(14)17(15)21-12-8-4-3-5-9-12/h3-11,21-22H,1-2H3. The normalized spacial score (nSPS) is 10.4. The molecule has 0 saturated heterocycles. The molecule has 0 aromatic heterocycles. The molecule has 0 amide bonds. The lowest BCUT2D eigenvalue weighted by Gasteiger charge is -2.18. The van der Waals surface area contributed by atoms with Gasteiger partial charge in [-0.3, -0.25) is 0 Å². The lowest BCUT2D eigenvalue weighted by Crippen LogP contribution is -2.15. The number of nitrogens with one attached hydrogen (secondary N) is 1. The molecule has 0 bridgehead atoms. The van der Waals surface area contributed by atoms with Crippen LogP contribution in [0, 0.1) is 0 Å². The minimum atomic E-state index is -0.829. The quantitative estimate of drug-likeness (QED) is 0.548. The van der Waals surface area contributed by atoms with Crippen LogP contribution in [0.15, 0.2) is 54.6 Å². The van der Waals surface area contributed by atoms with Crippen molar-refractivity contribution < 1.29 is 24.2 Å². The Morgan fingerprint density at radius 2 is 1.35 bits per heavy atom. The smallest absolute Gasteiger partial charge is 0.342 e. The van der Waals surface area contributed by atoms with Gasteiger partial charge in [-0.05, 0) is 12.1 Å². The SMILES string of the molecule is COC(=O)c1c(C(=O)OC)c(Nc2ccccc2)c2ccccc2c1O. The molecule has 0 aliphatic carbocycles. The van der Waals surface area contributed by atoms with Crippen LogP contribution in [-0.4, -0.2) is 31.3 Å². The summed E-state index contributed by atoms with van der Waals surface area (Å²) in [6.45, 7) is 0. The number of hydrogen-bond donors (Lipinski definition) is 2. The highest BCUT2D eigenvalue weighted by Crippen LogP contribution is 2.40. The molecule has 0 radical (unpaired) electrons. The third kappa shape index (κ3) is 2.93. The van der Waals surface area contributed by atoms with Crippen molar-refractivity contribution in [2.45, 2.75) is 0 Å². The summed E-state index contributed by atoms with van der Waals surface area (Å²) >= 11 is 0. The van der Waals surface area contributed by atoms with Crippen LogP contribution in [0.2, 0.25) is 0 Å². The van der Waals surface area contributed by atoms with E-state index in [1.165, 1.54) is 14.2 Å². The maximum atomic E-state index is 12.5. The Morgan fingerprint density at radius 1 is 0.808 bits per heavy atom. The molecule has 0 saturated carbocycles. The molecule has 3 aromatic rings. The van der Waals surface area contributed by atoms with Crippen molar-refractivity contribution in [2.24, 2.45) is 0 Å². The number of phenols is 1. The molecule has 0 aliphatic rings. The maximum Gasteiger partial charge on any atom is 0.342 e. The minimum Gasteiger partial charge on any atom is -0.506 e. The summed E-state index contributed by atoms with van der Waals surface area (Å²) < 4.78 is 9.63. The number of anilines is 2. The zero-order valence-corrected chi connectivity index (χ0v) is 14.3. The van der Waals surface area contributed by atoms with Gasteiger partial charge in [0.15, 0.2) is 0 Å². The summed E-state index contributed by atoms with van der Waals surface area (Å²) in [5.74, 6) is -1.92. The summed E-state index contributed by atoms with van der Waals surface area (Å²) in [5, 5.41) is 14.8. The van der Waals surface area contributed by atoms with Gasteiger partial charge in [0.25, 0.3) is 0 Å². The lowest BCUT2D eigenvalue weighted by molar-refractivity contribution is 0.0553.